The summed E-state index contributed by atoms with van der Waals surface area (Å²) in [7, 11) is -4.28. The van der Waals surface area contributed by atoms with Crippen molar-refractivity contribution in [3.63, 3.8) is 0 Å². The van der Waals surface area contributed by atoms with Crippen LogP contribution in [-0.4, -0.2) is 29.4 Å². The molecule has 34 heavy (non-hydrogen) atoms. The number of hydrogen-bond acceptors (Lipinski definition) is 11. The Balaban J connectivity index is 1.75. The summed E-state index contributed by atoms with van der Waals surface area (Å²) in [6, 6.07) is 12.8. The molecule has 0 aliphatic heterocycles. The van der Waals surface area contributed by atoms with Gasteiger partial charge in [0.2, 0.25) is 0 Å². The fourth-order valence-corrected chi connectivity index (χ4v) is 3.53. The van der Waals surface area contributed by atoms with E-state index in [2.05, 4.69) is 10.5 Å². The molecule has 0 bridgehead atoms. The van der Waals surface area contributed by atoms with Crippen molar-refractivity contribution in [1.29, 1.82) is 0 Å². The molecule has 0 aliphatic rings. The minimum absolute atomic E-state index is 0.0800. The van der Waals surface area contributed by atoms with Crippen LogP contribution in [0.3, 0.4) is 0 Å². The quantitative estimate of drug-likeness (QED) is 0.201. The molecule has 0 aromatic heterocycles. The highest BCUT2D eigenvalue weighted by atomic mass is 32.2. The maximum atomic E-state index is 12.4. The molecule has 1 N–H and O–H groups in total. The first-order valence-corrected chi connectivity index (χ1v) is 10.5. The summed E-state index contributed by atoms with van der Waals surface area (Å²) in [5.74, 6) is -0.0800. The van der Waals surface area contributed by atoms with E-state index in [1.165, 1.54) is 24.4 Å². The van der Waals surface area contributed by atoms with Gasteiger partial charge in [-0.05, 0) is 35.9 Å². The number of rotatable bonds is 9. The van der Waals surface area contributed by atoms with Crippen molar-refractivity contribution in [3.8, 4) is 5.75 Å². The van der Waals surface area contributed by atoms with Crippen molar-refractivity contribution in [2.75, 3.05) is 5.43 Å². The summed E-state index contributed by atoms with van der Waals surface area (Å²) in [6.07, 6.45) is 1.22. The number of anilines is 1. The topological polar surface area (TPSA) is 197 Å². The van der Waals surface area contributed by atoms with E-state index in [1.54, 1.807) is 6.07 Å². The molecule has 15 heteroatoms. The number of hydrazone groups is 1. The van der Waals surface area contributed by atoms with E-state index in [9.17, 15) is 38.8 Å². The molecule has 0 atom stereocenters. The SMILES string of the molecule is O=[N+]([O-])c1ccc(S(=O)(=O)Oc2cccc(/C=N\Nc3ccc([N+](=O)[O-])cc3[N+](=O)[O-])c2)cc1. The van der Waals surface area contributed by atoms with Gasteiger partial charge in [-0.2, -0.15) is 13.5 Å². The van der Waals surface area contributed by atoms with Crippen molar-refractivity contribution in [2.45, 2.75) is 4.90 Å². The molecule has 0 saturated heterocycles. The van der Waals surface area contributed by atoms with E-state index in [4.69, 9.17) is 4.18 Å². The summed E-state index contributed by atoms with van der Waals surface area (Å²) in [5.41, 5.74) is 1.37. The van der Waals surface area contributed by atoms with Gasteiger partial charge in [0.15, 0.2) is 0 Å². The molecule has 14 nitrogen and oxygen atoms in total. The van der Waals surface area contributed by atoms with E-state index in [-0.39, 0.29) is 22.0 Å². The van der Waals surface area contributed by atoms with Crippen molar-refractivity contribution >= 4 is 39.1 Å². The summed E-state index contributed by atoms with van der Waals surface area (Å²) in [6.45, 7) is 0. The first kappa shape index (κ1) is 23.7. The van der Waals surface area contributed by atoms with Crippen LogP contribution in [0.4, 0.5) is 22.7 Å². The average Bonchev–Trinajstić information content (AvgIpc) is 2.79. The van der Waals surface area contributed by atoms with Gasteiger partial charge < -0.3 is 4.18 Å². The molecule has 3 aromatic rings. The third-order valence-corrected chi connectivity index (χ3v) is 5.45. The first-order valence-electron chi connectivity index (χ1n) is 9.08. The lowest BCUT2D eigenvalue weighted by Crippen LogP contribution is -2.10. The van der Waals surface area contributed by atoms with Gasteiger partial charge in [0, 0.05) is 18.2 Å². The second-order valence-corrected chi connectivity index (χ2v) is 7.99. The minimum Gasteiger partial charge on any atom is -0.379 e. The summed E-state index contributed by atoms with van der Waals surface area (Å²) in [5, 5.41) is 36.5. The van der Waals surface area contributed by atoms with Gasteiger partial charge >= 0.3 is 15.8 Å². The summed E-state index contributed by atoms with van der Waals surface area (Å²) >= 11 is 0. The molecule has 0 spiro atoms. The average molecular weight is 487 g/mol. The van der Waals surface area contributed by atoms with Crippen molar-refractivity contribution < 1.29 is 27.4 Å². The fraction of sp³-hybridized carbons (Fsp3) is 0. The van der Waals surface area contributed by atoms with Crippen LogP contribution >= 0.6 is 0 Å². The molecule has 0 radical (unpaired) electrons. The Morgan fingerprint density at radius 2 is 1.47 bits per heavy atom. The van der Waals surface area contributed by atoms with E-state index in [1.807, 2.05) is 0 Å². The third-order valence-electron chi connectivity index (χ3n) is 4.19. The zero-order valence-electron chi connectivity index (χ0n) is 16.8. The van der Waals surface area contributed by atoms with Gasteiger partial charge in [0.1, 0.15) is 16.3 Å². The van der Waals surface area contributed by atoms with E-state index < -0.39 is 36.3 Å². The third kappa shape index (κ3) is 5.65. The molecular weight excluding hydrogens is 474 g/mol. The van der Waals surface area contributed by atoms with Crippen LogP contribution < -0.4 is 9.61 Å². The van der Waals surface area contributed by atoms with Crippen LogP contribution in [0.25, 0.3) is 0 Å². The van der Waals surface area contributed by atoms with Gasteiger partial charge in [-0.25, -0.2) is 0 Å². The largest absolute Gasteiger partial charge is 0.379 e. The van der Waals surface area contributed by atoms with E-state index >= 15 is 0 Å². The molecule has 0 amide bonds. The number of hydrogen-bond donors (Lipinski definition) is 1. The lowest BCUT2D eigenvalue weighted by atomic mass is 10.2. The maximum Gasteiger partial charge on any atom is 0.339 e. The van der Waals surface area contributed by atoms with E-state index in [0.717, 1.165) is 42.5 Å². The number of nitro benzene ring substituents is 3. The zero-order chi connectivity index (χ0) is 24.9. The van der Waals surface area contributed by atoms with Gasteiger partial charge in [0.25, 0.3) is 11.4 Å². The van der Waals surface area contributed by atoms with Gasteiger partial charge in [-0.1, -0.05) is 12.1 Å². The number of nitrogens with one attached hydrogen (secondary N) is 1. The highest BCUT2D eigenvalue weighted by Gasteiger charge is 2.20. The standard InChI is InChI=1S/C19H13N5O9S/c25-22(26)14-4-7-17(8-5-14)34(31,32)33-16-3-1-2-13(10-16)12-20-21-18-9-6-15(23(27)28)11-19(18)24(29)30/h1-12,21H/b20-12-. The number of nitro groups is 3. The number of benzene rings is 3. The smallest absolute Gasteiger partial charge is 0.339 e. The number of non-ortho nitro benzene ring substituents is 2. The Kier molecular flexibility index (Phi) is 6.77. The van der Waals surface area contributed by atoms with Crippen LogP contribution in [-0.2, 0) is 10.1 Å². The Hall–Kier alpha value is -4.92. The normalized spacial score (nSPS) is 11.2. The highest BCUT2D eigenvalue weighted by Crippen LogP contribution is 2.29. The molecule has 3 rings (SSSR count). The Labute approximate surface area is 190 Å². The second-order valence-electron chi connectivity index (χ2n) is 6.45. The Morgan fingerprint density at radius 3 is 2.09 bits per heavy atom. The van der Waals surface area contributed by atoms with Crippen LogP contribution in [0.1, 0.15) is 5.56 Å². The van der Waals surface area contributed by atoms with Gasteiger partial charge in [-0.3, -0.25) is 35.8 Å². The van der Waals surface area contributed by atoms with Crippen LogP contribution in [0.2, 0.25) is 0 Å². The molecule has 174 valence electrons. The Bertz CT molecular complexity index is 1410. The molecule has 0 unspecified atom stereocenters. The lowest BCUT2D eigenvalue weighted by Gasteiger charge is -2.07. The molecular formula is C19H13N5O9S. The van der Waals surface area contributed by atoms with Gasteiger partial charge in [-0.15, -0.1) is 0 Å². The van der Waals surface area contributed by atoms with Crippen molar-refractivity contribution in [1.82, 2.24) is 0 Å². The predicted molar refractivity (Wildman–Crippen MR) is 118 cm³/mol. The van der Waals surface area contributed by atoms with Crippen molar-refractivity contribution in [3.05, 3.63) is 103 Å². The van der Waals surface area contributed by atoms with Crippen LogP contribution in [0.15, 0.2) is 76.7 Å². The van der Waals surface area contributed by atoms with Crippen LogP contribution in [0.5, 0.6) is 5.75 Å². The predicted octanol–water partition coefficient (Wildman–Crippen LogP) is 3.62. The summed E-state index contributed by atoms with van der Waals surface area (Å²) in [4.78, 5) is 30.1. The second kappa shape index (κ2) is 9.70. The highest BCUT2D eigenvalue weighted by molar-refractivity contribution is 7.87. The molecule has 0 aliphatic carbocycles. The lowest BCUT2D eigenvalue weighted by molar-refractivity contribution is -0.393. The first-order chi connectivity index (χ1) is 16.1. The summed E-state index contributed by atoms with van der Waals surface area (Å²) < 4.78 is 29.9. The van der Waals surface area contributed by atoms with Gasteiger partial charge in [0.05, 0.1) is 27.1 Å². The Morgan fingerprint density at radius 1 is 0.824 bits per heavy atom. The monoisotopic (exact) mass is 487 g/mol. The maximum absolute atomic E-state index is 12.4. The number of nitrogens with zero attached hydrogens (tertiary/aromatic N) is 4. The van der Waals surface area contributed by atoms with E-state index in [0.29, 0.717) is 5.56 Å². The molecule has 0 saturated carbocycles. The zero-order valence-corrected chi connectivity index (χ0v) is 17.6. The fourth-order valence-electron chi connectivity index (χ4n) is 2.61. The van der Waals surface area contributed by atoms with Crippen molar-refractivity contribution in [2.24, 2.45) is 5.10 Å². The van der Waals surface area contributed by atoms with Crippen LogP contribution in [0, 0.1) is 30.3 Å². The molecule has 3 aromatic carbocycles. The molecule has 0 fully saturated rings. The molecule has 0 heterocycles. The minimum atomic E-state index is -4.28.